The van der Waals surface area contributed by atoms with Crippen LogP contribution in [0.15, 0.2) is 61.1 Å². The van der Waals surface area contributed by atoms with E-state index < -0.39 is 26.9 Å². The van der Waals surface area contributed by atoms with Crippen LogP contribution in [0.3, 0.4) is 0 Å². The maximum Gasteiger partial charge on any atom is 0.242 e. The molecule has 0 fully saturated rings. The van der Waals surface area contributed by atoms with Gasteiger partial charge < -0.3 is 4.98 Å². The number of aromatic amines is 1. The lowest BCUT2D eigenvalue weighted by Crippen LogP contribution is -2.20. The Morgan fingerprint density at radius 3 is 2.30 bits per heavy atom. The van der Waals surface area contributed by atoms with E-state index in [-0.39, 0.29) is 17.1 Å². The molecular weight excluding hydrogens is 410 g/mol. The summed E-state index contributed by atoms with van der Waals surface area (Å²) < 4.78 is 54.6. The van der Waals surface area contributed by atoms with E-state index in [1.807, 2.05) is 6.07 Å². The number of hydrogen-bond acceptors (Lipinski definition) is 4. The summed E-state index contributed by atoms with van der Waals surface area (Å²) in [6, 6.07) is 12.6. The van der Waals surface area contributed by atoms with Crippen molar-refractivity contribution in [2.75, 3.05) is 0 Å². The van der Waals surface area contributed by atoms with E-state index in [0.29, 0.717) is 17.0 Å². The molecule has 0 saturated carbocycles. The van der Waals surface area contributed by atoms with E-state index in [9.17, 15) is 17.2 Å². The van der Waals surface area contributed by atoms with Gasteiger partial charge in [0, 0.05) is 11.8 Å². The van der Waals surface area contributed by atoms with Crippen LogP contribution in [0.5, 0.6) is 0 Å². The molecule has 154 valence electrons. The Morgan fingerprint density at radius 2 is 1.67 bits per heavy atom. The van der Waals surface area contributed by atoms with Gasteiger partial charge in [-0.3, -0.25) is 0 Å². The van der Waals surface area contributed by atoms with E-state index in [0.717, 1.165) is 16.1 Å². The standard InChI is InChI=1S/C21H18F2N4O2S/c1-13(2)30(28,29)27-11-17(24-12-27)20-19(14-7-4-3-5-8-14)25-21(26-20)18-15(22)9-6-10-16(18)23/h3-13H,1-2H3,(H,25,26). The van der Waals surface area contributed by atoms with E-state index in [2.05, 4.69) is 15.0 Å². The van der Waals surface area contributed by atoms with Crippen molar-refractivity contribution in [1.82, 2.24) is 18.9 Å². The molecule has 0 aliphatic rings. The molecule has 6 nitrogen and oxygen atoms in total. The fourth-order valence-corrected chi connectivity index (χ4v) is 3.94. The second kappa shape index (κ2) is 7.49. The van der Waals surface area contributed by atoms with Crippen molar-refractivity contribution in [3.8, 4) is 34.0 Å². The van der Waals surface area contributed by atoms with Gasteiger partial charge in [0.25, 0.3) is 0 Å². The fraction of sp³-hybridized carbons (Fsp3) is 0.143. The second-order valence-corrected chi connectivity index (χ2v) is 9.35. The predicted molar refractivity (Wildman–Crippen MR) is 110 cm³/mol. The van der Waals surface area contributed by atoms with Crippen LogP contribution in [0.2, 0.25) is 0 Å². The number of imidazole rings is 2. The summed E-state index contributed by atoms with van der Waals surface area (Å²) in [4.78, 5) is 11.5. The lowest BCUT2D eigenvalue weighted by atomic mass is 10.1. The zero-order chi connectivity index (χ0) is 21.5. The number of aromatic nitrogens is 4. The van der Waals surface area contributed by atoms with Crippen LogP contribution in [0.25, 0.3) is 34.0 Å². The second-order valence-electron chi connectivity index (χ2n) is 6.95. The molecule has 0 amide bonds. The van der Waals surface area contributed by atoms with Crippen molar-refractivity contribution in [1.29, 1.82) is 0 Å². The molecule has 30 heavy (non-hydrogen) atoms. The minimum absolute atomic E-state index is 0.0132. The highest BCUT2D eigenvalue weighted by molar-refractivity contribution is 7.90. The molecule has 4 aromatic rings. The van der Waals surface area contributed by atoms with Gasteiger partial charge in [0.2, 0.25) is 10.0 Å². The number of H-pyrrole nitrogens is 1. The molecule has 2 aromatic heterocycles. The first-order chi connectivity index (χ1) is 14.3. The molecule has 2 aromatic carbocycles. The molecule has 2 heterocycles. The van der Waals surface area contributed by atoms with Gasteiger partial charge in [-0.25, -0.2) is 31.1 Å². The fourth-order valence-electron chi connectivity index (χ4n) is 3.02. The highest BCUT2D eigenvalue weighted by atomic mass is 32.2. The zero-order valence-corrected chi connectivity index (χ0v) is 17.0. The summed E-state index contributed by atoms with van der Waals surface area (Å²) in [5.74, 6) is -1.54. The van der Waals surface area contributed by atoms with Crippen molar-refractivity contribution in [2.24, 2.45) is 0 Å². The SMILES string of the molecule is CC(C)S(=O)(=O)n1cnc(-c2[nH]c(-c3c(F)cccc3F)nc2-c2ccccc2)c1. The summed E-state index contributed by atoms with van der Waals surface area (Å²) in [7, 11) is -3.60. The number of hydrogen-bond donors (Lipinski definition) is 1. The summed E-state index contributed by atoms with van der Waals surface area (Å²) in [6.07, 6.45) is 2.56. The van der Waals surface area contributed by atoms with Gasteiger partial charge in [0.15, 0.2) is 0 Å². The summed E-state index contributed by atoms with van der Waals surface area (Å²) >= 11 is 0. The van der Waals surface area contributed by atoms with Gasteiger partial charge in [0.1, 0.15) is 29.5 Å². The maximum absolute atomic E-state index is 14.3. The average molecular weight is 428 g/mol. The van der Waals surface area contributed by atoms with Crippen LogP contribution in [0.1, 0.15) is 13.8 Å². The largest absolute Gasteiger partial charge is 0.336 e. The van der Waals surface area contributed by atoms with Gasteiger partial charge in [-0.05, 0) is 26.0 Å². The molecule has 4 rings (SSSR count). The van der Waals surface area contributed by atoms with Crippen molar-refractivity contribution < 1.29 is 17.2 Å². The molecular formula is C21H18F2N4O2S. The molecule has 0 aliphatic carbocycles. The van der Waals surface area contributed by atoms with Crippen LogP contribution < -0.4 is 0 Å². The van der Waals surface area contributed by atoms with E-state index in [1.165, 1.54) is 18.6 Å². The quantitative estimate of drug-likeness (QED) is 0.509. The van der Waals surface area contributed by atoms with Crippen LogP contribution in [0, 0.1) is 11.6 Å². The highest BCUT2D eigenvalue weighted by Crippen LogP contribution is 2.34. The van der Waals surface area contributed by atoms with E-state index in [4.69, 9.17) is 0 Å². The average Bonchev–Trinajstić information content (AvgIpc) is 3.36. The van der Waals surface area contributed by atoms with E-state index in [1.54, 1.807) is 38.1 Å². The minimum Gasteiger partial charge on any atom is -0.336 e. The van der Waals surface area contributed by atoms with Gasteiger partial charge >= 0.3 is 0 Å². The molecule has 0 bridgehead atoms. The van der Waals surface area contributed by atoms with Crippen LogP contribution >= 0.6 is 0 Å². The van der Waals surface area contributed by atoms with Crippen molar-refractivity contribution in [2.45, 2.75) is 19.1 Å². The zero-order valence-electron chi connectivity index (χ0n) is 16.2. The molecule has 0 saturated heterocycles. The van der Waals surface area contributed by atoms with Gasteiger partial charge in [-0.1, -0.05) is 36.4 Å². The van der Waals surface area contributed by atoms with Gasteiger partial charge in [-0.2, -0.15) is 0 Å². The molecule has 1 N–H and O–H groups in total. The predicted octanol–water partition coefficient (Wildman–Crippen LogP) is 4.47. The monoisotopic (exact) mass is 428 g/mol. The number of rotatable bonds is 5. The Morgan fingerprint density at radius 1 is 1.00 bits per heavy atom. The maximum atomic E-state index is 14.3. The lowest BCUT2D eigenvalue weighted by molar-refractivity contribution is 0.578. The molecule has 0 unspecified atom stereocenters. The third-order valence-corrected chi connectivity index (χ3v) is 6.64. The Balaban J connectivity index is 1.92. The van der Waals surface area contributed by atoms with Crippen LogP contribution in [-0.4, -0.2) is 32.6 Å². The summed E-state index contributed by atoms with van der Waals surface area (Å²) in [5.41, 5.74) is 1.44. The Bertz CT molecular complexity index is 1290. The number of nitrogens with zero attached hydrogens (tertiary/aromatic N) is 3. The Kier molecular flexibility index (Phi) is 4.98. The third kappa shape index (κ3) is 3.41. The molecule has 0 aliphatic heterocycles. The van der Waals surface area contributed by atoms with E-state index >= 15 is 0 Å². The number of halogens is 2. The first-order valence-electron chi connectivity index (χ1n) is 9.17. The van der Waals surface area contributed by atoms with Crippen molar-refractivity contribution in [3.63, 3.8) is 0 Å². The third-order valence-electron chi connectivity index (χ3n) is 4.66. The first kappa shape index (κ1) is 20.0. The Hall–Kier alpha value is -3.33. The van der Waals surface area contributed by atoms with Crippen molar-refractivity contribution >= 4 is 10.0 Å². The molecule has 0 spiro atoms. The Labute approximate surface area is 172 Å². The lowest BCUT2D eigenvalue weighted by Gasteiger charge is -2.07. The number of nitrogens with one attached hydrogen (secondary N) is 1. The number of benzene rings is 2. The van der Waals surface area contributed by atoms with Gasteiger partial charge in [-0.15, -0.1) is 0 Å². The minimum atomic E-state index is -3.60. The first-order valence-corrected chi connectivity index (χ1v) is 10.7. The van der Waals surface area contributed by atoms with Gasteiger partial charge in [0.05, 0.1) is 22.2 Å². The molecule has 0 atom stereocenters. The molecule has 0 radical (unpaired) electrons. The van der Waals surface area contributed by atoms with Crippen molar-refractivity contribution in [3.05, 3.63) is 72.7 Å². The summed E-state index contributed by atoms with van der Waals surface area (Å²) in [6.45, 7) is 3.14. The smallest absolute Gasteiger partial charge is 0.242 e. The summed E-state index contributed by atoms with van der Waals surface area (Å²) in [5, 5.41) is -0.641. The topological polar surface area (TPSA) is 80.6 Å². The highest BCUT2D eigenvalue weighted by Gasteiger charge is 2.23. The normalized spacial score (nSPS) is 11.9. The van der Waals surface area contributed by atoms with Crippen LogP contribution in [0.4, 0.5) is 8.78 Å². The van der Waals surface area contributed by atoms with Crippen LogP contribution in [-0.2, 0) is 10.0 Å². The molecule has 9 heteroatoms.